The van der Waals surface area contributed by atoms with Crippen molar-refractivity contribution in [1.82, 2.24) is 0 Å². The average molecular weight is 234 g/mol. The molecular weight excluding hydrogens is 204 g/mol. The van der Waals surface area contributed by atoms with Gasteiger partial charge in [-0.2, -0.15) is 0 Å². The molecule has 0 aromatic rings. The lowest BCUT2D eigenvalue weighted by Gasteiger charge is -2.02. The molecule has 0 unspecified atom stereocenters. The van der Waals surface area contributed by atoms with E-state index in [9.17, 15) is 0 Å². The summed E-state index contributed by atoms with van der Waals surface area (Å²) in [5.74, 6) is 0.577. The van der Waals surface area contributed by atoms with E-state index in [1.165, 1.54) is 5.57 Å². The Hall–Kier alpha value is -1.30. The van der Waals surface area contributed by atoms with Crippen LogP contribution in [-0.2, 0) is 0 Å². The Morgan fingerprint density at radius 1 is 1.06 bits per heavy atom. The minimum atomic E-state index is 0.577. The molecule has 17 heavy (non-hydrogen) atoms. The van der Waals surface area contributed by atoms with Crippen molar-refractivity contribution in [3.8, 4) is 0 Å². The zero-order valence-corrected chi connectivity index (χ0v) is 12.6. The van der Waals surface area contributed by atoms with Crippen molar-refractivity contribution in [3.63, 3.8) is 0 Å². The molecule has 0 aromatic carbocycles. The first-order valence-corrected chi connectivity index (χ1v) is 6.22. The first-order valence-electron chi connectivity index (χ1n) is 6.22. The molecule has 0 fully saturated rings. The third kappa shape index (κ3) is 20.7. The summed E-state index contributed by atoms with van der Waals surface area (Å²) < 4.78 is 0. The van der Waals surface area contributed by atoms with Gasteiger partial charge in [0.2, 0.25) is 0 Å². The second-order valence-corrected chi connectivity index (χ2v) is 3.60. The molecule has 0 atom stereocenters. The Labute approximate surface area is 109 Å². The molecule has 0 radical (unpaired) electrons. The maximum absolute atomic E-state index is 3.73. The quantitative estimate of drug-likeness (QED) is 0.515. The van der Waals surface area contributed by atoms with Crippen molar-refractivity contribution in [2.75, 3.05) is 0 Å². The van der Waals surface area contributed by atoms with Gasteiger partial charge in [0.05, 0.1) is 0 Å². The Morgan fingerprint density at radius 2 is 1.47 bits per heavy atom. The van der Waals surface area contributed by atoms with E-state index in [1.807, 2.05) is 45.9 Å². The largest absolute Gasteiger partial charge is 0.0988 e. The fourth-order valence-electron chi connectivity index (χ4n) is 0.704. The molecule has 0 aromatic heterocycles. The van der Waals surface area contributed by atoms with Crippen molar-refractivity contribution in [3.05, 3.63) is 61.3 Å². The third-order valence-corrected chi connectivity index (χ3v) is 1.73. The van der Waals surface area contributed by atoms with E-state index in [0.29, 0.717) is 5.92 Å². The van der Waals surface area contributed by atoms with E-state index >= 15 is 0 Å². The summed E-state index contributed by atoms with van der Waals surface area (Å²) in [4.78, 5) is 0. The van der Waals surface area contributed by atoms with Crippen LogP contribution in [0.2, 0.25) is 0 Å². The highest BCUT2D eigenvalue weighted by atomic mass is 14.0. The highest BCUT2D eigenvalue weighted by Gasteiger charge is 1.94. The van der Waals surface area contributed by atoms with Gasteiger partial charge in [-0.15, -0.1) is 0 Å². The smallest absolute Gasteiger partial charge is 0.0219 e. The molecule has 0 N–H and O–H groups in total. The Kier molecular flexibility index (Phi) is 21.2. The molecule has 0 amide bonds. The summed E-state index contributed by atoms with van der Waals surface area (Å²) >= 11 is 0. The van der Waals surface area contributed by atoms with Crippen LogP contribution in [0.5, 0.6) is 0 Å². The van der Waals surface area contributed by atoms with Crippen LogP contribution in [0.3, 0.4) is 0 Å². The van der Waals surface area contributed by atoms with Gasteiger partial charge in [-0.25, -0.2) is 0 Å². The van der Waals surface area contributed by atoms with Crippen molar-refractivity contribution in [2.45, 2.75) is 41.5 Å². The second kappa shape index (κ2) is 17.1. The molecule has 0 spiro atoms. The van der Waals surface area contributed by atoms with Crippen LogP contribution in [0.4, 0.5) is 0 Å². The molecule has 0 bridgehead atoms. The van der Waals surface area contributed by atoms with Crippen molar-refractivity contribution < 1.29 is 0 Å². The van der Waals surface area contributed by atoms with Crippen LogP contribution >= 0.6 is 0 Å². The minimum absolute atomic E-state index is 0.577. The topological polar surface area (TPSA) is 0 Å². The second-order valence-electron chi connectivity index (χ2n) is 3.60. The van der Waals surface area contributed by atoms with E-state index in [0.717, 1.165) is 5.57 Å². The molecule has 0 heterocycles. The average Bonchev–Trinajstić information content (AvgIpc) is 2.33. The minimum Gasteiger partial charge on any atom is -0.0988 e. The summed E-state index contributed by atoms with van der Waals surface area (Å²) in [6.07, 6.45) is 9.78. The maximum Gasteiger partial charge on any atom is -0.0219 e. The zero-order valence-electron chi connectivity index (χ0n) is 12.6. The molecule has 98 valence electrons. The van der Waals surface area contributed by atoms with Gasteiger partial charge in [-0.3, -0.25) is 0 Å². The summed E-state index contributed by atoms with van der Waals surface area (Å²) in [6, 6.07) is 0. The van der Waals surface area contributed by atoms with Crippen molar-refractivity contribution in [2.24, 2.45) is 5.92 Å². The lowest BCUT2D eigenvalue weighted by atomic mass is 10.0. The van der Waals surface area contributed by atoms with Crippen LogP contribution in [0.15, 0.2) is 61.3 Å². The van der Waals surface area contributed by atoms with E-state index in [4.69, 9.17) is 0 Å². The standard InChI is InChI=1S/C10H16.C5H8.C2H6/c1-5-7-8-10(6-2)9(3)4;1-4-5(2)3;1-2/h5-9H,2H2,1,3-4H3;4H,1-2H2,3H3;1-2H3/b7-5-,10-8+;;. The summed E-state index contributed by atoms with van der Waals surface area (Å²) in [5.41, 5.74) is 2.31. The monoisotopic (exact) mass is 234 g/mol. The van der Waals surface area contributed by atoms with Gasteiger partial charge >= 0.3 is 0 Å². The summed E-state index contributed by atoms with van der Waals surface area (Å²) in [5, 5.41) is 0. The zero-order chi connectivity index (χ0) is 14.3. The van der Waals surface area contributed by atoms with Crippen molar-refractivity contribution in [1.29, 1.82) is 0 Å². The fraction of sp³-hybridized carbons (Fsp3) is 0.412. The molecular formula is C17H30. The first kappa shape index (κ1) is 21.0. The Morgan fingerprint density at radius 3 is 1.65 bits per heavy atom. The van der Waals surface area contributed by atoms with E-state index in [-0.39, 0.29) is 0 Å². The van der Waals surface area contributed by atoms with Crippen LogP contribution in [0, 0.1) is 5.92 Å². The lowest BCUT2D eigenvalue weighted by Crippen LogP contribution is -1.88. The van der Waals surface area contributed by atoms with Gasteiger partial charge in [-0.1, -0.05) is 83.4 Å². The van der Waals surface area contributed by atoms with Crippen LogP contribution in [0.25, 0.3) is 0 Å². The number of hydrogen-bond acceptors (Lipinski definition) is 0. The number of rotatable bonds is 4. The SMILES string of the molecule is C=C/C(=C\C=C/C)C(C)C.C=CC(=C)C.CC. The van der Waals surface area contributed by atoms with Gasteiger partial charge in [0.1, 0.15) is 0 Å². The Balaban J connectivity index is -0.000000236. The molecule has 0 saturated carbocycles. The normalized spacial score (nSPS) is 9.94. The highest BCUT2D eigenvalue weighted by Crippen LogP contribution is 2.09. The lowest BCUT2D eigenvalue weighted by molar-refractivity contribution is 0.792. The Bertz CT molecular complexity index is 249. The molecule has 0 nitrogen and oxygen atoms in total. The molecule has 0 aliphatic rings. The maximum atomic E-state index is 3.73. The predicted octanol–water partition coefficient (Wildman–Crippen LogP) is 6.11. The van der Waals surface area contributed by atoms with Gasteiger partial charge in [0, 0.05) is 0 Å². The van der Waals surface area contributed by atoms with Crippen molar-refractivity contribution >= 4 is 0 Å². The molecule has 0 rings (SSSR count). The van der Waals surface area contributed by atoms with Crippen LogP contribution < -0.4 is 0 Å². The predicted molar refractivity (Wildman–Crippen MR) is 84.3 cm³/mol. The van der Waals surface area contributed by atoms with Gasteiger partial charge in [0.25, 0.3) is 0 Å². The van der Waals surface area contributed by atoms with Gasteiger partial charge in [0.15, 0.2) is 0 Å². The third-order valence-electron chi connectivity index (χ3n) is 1.73. The fourth-order valence-corrected chi connectivity index (χ4v) is 0.704. The van der Waals surface area contributed by atoms with E-state index in [1.54, 1.807) is 6.08 Å². The molecule has 0 heteroatoms. The highest BCUT2D eigenvalue weighted by molar-refractivity contribution is 5.23. The molecule has 0 aliphatic heterocycles. The van der Waals surface area contributed by atoms with Crippen LogP contribution in [0.1, 0.15) is 41.5 Å². The summed E-state index contributed by atoms with van der Waals surface area (Å²) in [6.45, 7) is 23.0. The number of hydrogen-bond donors (Lipinski definition) is 0. The van der Waals surface area contributed by atoms with Crippen LogP contribution in [-0.4, -0.2) is 0 Å². The summed E-state index contributed by atoms with van der Waals surface area (Å²) in [7, 11) is 0. The molecule has 0 aliphatic carbocycles. The first-order chi connectivity index (χ1) is 7.99. The molecule has 0 saturated heterocycles. The van der Waals surface area contributed by atoms with Gasteiger partial charge in [-0.05, 0) is 25.3 Å². The van der Waals surface area contributed by atoms with E-state index in [2.05, 4.69) is 39.7 Å². The van der Waals surface area contributed by atoms with E-state index < -0.39 is 0 Å². The number of allylic oxidation sites excluding steroid dienone is 7. The van der Waals surface area contributed by atoms with Gasteiger partial charge < -0.3 is 0 Å².